The second kappa shape index (κ2) is 7.05. The maximum atomic E-state index is 3.63. The van der Waals surface area contributed by atoms with Crippen molar-refractivity contribution in [2.45, 2.75) is 32.7 Å². The average molecular weight is 332 g/mol. The van der Waals surface area contributed by atoms with E-state index in [9.17, 15) is 0 Å². The van der Waals surface area contributed by atoms with Crippen LogP contribution < -0.4 is 5.32 Å². The van der Waals surface area contributed by atoms with E-state index in [2.05, 4.69) is 77.6 Å². The Morgan fingerprint density at radius 1 is 1.10 bits per heavy atom. The predicted octanol–water partition coefficient (Wildman–Crippen LogP) is 5.02. The van der Waals surface area contributed by atoms with Gasteiger partial charge in [-0.2, -0.15) is 0 Å². The zero-order chi connectivity index (χ0) is 14.5. The highest BCUT2D eigenvalue weighted by atomic mass is 79.9. The van der Waals surface area contributed by atoms with Gasteiger partial charge in [-0.05, 0) is 48.7 Å². The van der Waals surface area contributed by atoms with Crippen molar-refractivity contribution in [3.05, 3.63) is 69.2 Å². The lowest BCUT2D eigenvalue weighted by Gasteiger charge is -2.19. The second-order valence-corrected chi connectivity index (χ2v) is 6.08. The van der Waals surface area contributed by atoms with Crippen molar-refractivity contribution in [3.8, 4) is 0 Å². The van der Waals surface area contributed by atoms with Crippen molar-refractivity contribution >= 4 is 15.9 Å². The molecule has 1 N–H and O–H groups in total. The van der Waals surface area contributed by atoms with E-state index in [0.717, 1.165) is 6.42 Å². The zero-order valence-corrected chi connectivity index (χ0v) is 14.0. The molecule has 2 rings (SSSR count). The minimum Gasteiger partial charge on any atom is -0.309 e. The van der Waals surface area contributed by atoms with Gasteiger partial charge in [0.25, 0.3) is 0 Å². The molecule has 0 radical (unpaired) electrons. The van der Waals surface area contributed by atoms with Gasteiger partial charge in [0.2, 0.25) is 0 Å². The first-order valence-corrected chi connectivity index (χ1v) is 7.97. The third-order valence-corrected chi connectivity index (χ3v) is 4.50. The molecule has 0 bridgehead atoms. The Morgan fingerprint density at radius 2 is 1.85 bits per heavy atom. The number of hydrogen-bond donors (Lipinski definition) is 1. The van der Waals surface area contributed by atoms with Gasteiger partial charge in [0.1, 0.15) is 0 Å². The van der Waals surface area contributed by atoms with Gasteiger partial charge < -0.3 is 5.32 Å². The van der Waals surface area contributed by atoms with Gasteiger partial charge in [0, 0.05) is 4.47 Å². The van der Waals surface area contributed by atoms with Gasteiger partial charge >= 0.3 is 0 Å². The van der Waals surface area contributed by atoms with E-state index < -0.39 is 0 Å². The number of benzene rings is 2. The molecule has 0 aliphatic heterocycles. The minimum absolute atomic E-state index is 0.240. The lowest BCUT2D eigenvalue weighted by molar-refractivity contribution is 0.689. The smallest absolute Gasteiger partial charge is 0.0574 e. The molecule has 0 aromatic heterocycles. The van der Waals surface area contributed by atoms with Gasteiger partial charge in [0.15, 0.2) is 0 Å². The van der Waals surface area contributed by atoms with E-state index in [1.54, 1.807) is 0 Å². The highest BCUT2D eigenvalue weighted by Crippen LogP contribution is 2.27. The minimum atomic E-state index is 0.240. The summed E-state index contributed by atoms with van der Waals surface area (Å²) in [6.07, 6.45) is 2.33. The highest BCUT2D eigenvalue weighted by molar-refractivity contribution is 9.10. The van der Waals surface area contributed by atoms with Gasteiger partial charge in [-0.3, -0.25) is 0 Å². The molecule has 2 aromatic carbocycles. The van der Waals surface area contributed by atoms with E-state index >= 15 is 0 Å². The van der Waals surface area contributed by atoms with E-state index in [4.69, 9.17) is 0 Å². The molecule has 1 nitrogen and oxygen atoms in total. The molecule has 2 aromatic rings. The number of halogens is 1. The van der Waals surface area contributed by atoms with Gasteiger partial charge in [0.05, 0.1) is 6.04 Å². The Balaban J connectivity index is 2.36. The first kappa shape index (κ1) is 15.3. The molecule has 0 fully saturated rings. The van der Waals surface area contributed by atoms with Crippen LogP contribution in [0.3, 0.4) is 0 Å². The molecule has 0 aliphatic carbocycles. The summed E-state index contributed by atoms with van der Waals surface area (Å²) >= 11 is 3.63. The monoisotopic (exact) mass is 331 g/mol. The van der Waals surface area contributed by atoms with Crippen molar-refractivity contribution in [2.24, 2.45) is 0 Å². The molecular weight excluding hydrogens is 310 g/mol. The van der Waals surface area contributed by atoms with Crippen LogP contribution in [-0.4, -0.2) is 7.05 Å². The first-order valence-electron chi connectivity index (χ1n) is 7.18. The summed E-state index contributed by atoms with van der Waals surface area (Å²) in [6, 6.07) is 15.7. The predicted molar refractivity (Wildman–Crippen MR) is 90.2 cm³/mol. The number of rotatable bonds is 5. The van der Waals surface area contributed by atoms with E-state index in [1.165, 1.54) is 33.1 Å². The fraction of sp³-hybridized carbons (Fsp3) is 0.333. The lowest BCUT2D eigenvalue weighted by Crippen LogP contribution is -2.17. The molecule has 1 atom stereocenters. The third kappa shape index (κ3) is 3.50. The molecule has 0 saturated heterocycles. The first-order chi connectivity index (χ1) is 9.65. The molecule has 0 spiro atoms. The molecule has 0 amide bonds. The molecule has 1 unspecified atom stereocenters. The van der Waals surface area contributed by atoms with Crippen molar-refractivity contribution in [2.75, 3.05) is 7.05 Å². The molecule has 0 heterocycles. The summed E-state index contributed by atoms with van der Waals surface area (Å²) in [5, 5.41) is 3.43. The third-order valence-electron chi connectivity index (χ3n) is 3.64. The number of aryl methyl sites for hydroxylation is 2. The van der Waals surface area contributed by atoms with Gasteiger partial charge in [-0.15, -0.1) is 0 Å². The lowest BCUT2D eigenvalue weighted by atomic mass is 9.95. The summed E-state index contributed by atoms with van der Waals surface area (Å²) in [6.45, 7) is 4.34. The summed E-state index contributed by atoms with van der Waals surface area (Å²) in [5.41, 5.74) is 5.30. The summed E-state index contributed by atoms with van der Waals surface area (Å²) in [4.78, 5) is 0. The van der Waals surface area contributed by atoms with Crippen LogP contribution in [0.5, 0.6) is 0 Å². The van der Waals surface area contributed by atoms with Crippen LogP contribution in [-0.2, 0) is 6.42 Å². The molecule has 20 heavy (non-hydrogen) atoms. The van der Waals surface area contributed by atoms with Crippen LogP contribution in [0.4, 0.5) is 0 Å². The van der Waals surface area contributed by atoms with Crippen LogP contribution in [0, 0.1) is 6.92 Å². The van der Waals surface area contributed by atoms with Crippen LogP contribution in [0.1, 0.15) is 41.6 Å². The molecule has 2 heteroatoms. The van der Waals surface area contributed by atoms with Crippen molar-refractivity contribution < 1.29 is 0 Å². The normalized spacial score (nSPS) is 12.4. The highest BCUT2D eigenvalue weighted by Gasteiger charge is 2.13. The van der Waals surface area contributed by atoms with Crippen LogP contribution in [0.2, 0.25) is 0 Å². The van der Waals surface area contributed by atoms with Crippen LogP contribution >= 0.6 is 15.9 Å². The molecule has 106 valence electrons. The van der Waals surface area contributed by atoms with Crippen molar-refractivity contribution in [3.63, 3.8) is 0 Å². The Bertz CT molecular complexity index is 577. The topological polar surface area (TPSA) is 12.0 Å². The quantitative estimate of drug-likeness (QED) is 0.811. The van der Waals surface area contributed by atoms with Gasteiger partial charge in [-0.1, -0.05) is 65.7 Å². The molecule has 0 aliphatic rings. The average Bonchev–Trinajstić information content (AvgIpc) is 2.44. The number of hydrogen-bond acceptors (Lipinski definition) is 1. The summed E-state index contributed by atoms with van der Waals surface area (Å²) in [7, 11) is 2.02. The van der Waals surface area contributed by atoms with E-state index in [0.29, 0.717) is 0 Å². The Labute approximate surface area is 130 Å². The second-order valence-electron chi connectivity index (χ2n) is 5.23. The summed E-state index contributed by atoms with van der Waals surface area (Å²) < 4.78 is 1.17. The van der Waals surface area contributed by atoms with E-state index in [1.807, 2.05) is 7.05 Å². The Hall–Kier alpha value is -1.12. The maximum absolute atomic E-state index is 3.63. The standard InChI is InChI=1S/C18H22BrN/c1-4-6-14-7-5-8-15(11-14)18(20-3)16-10-9-13(2)17(19)12-16/h5,7-12,18,20H,4,6H2,1-3H3. The van der Waals surface area contributed by atoms with Crippen molar-refractivity contribution in [1.29, 1.82) is 0 Å². The Morgan fingerprint density at radius 3 is 2.50 bits per heavy atom. The molecular formula is C18H22BrN. The Kier molecular flexibility index (Phi) is 5.38. The zero-order valence-electron chi connectivity index (χ0n) is 12.4. The van der Waals surface area contributed by atoms with Crippen LogP contribution in [0.25, 0.3) is 0 Å². The number of nitrogens with one attached hydrogen (secondary N) is 1. The SMILES string of the molecule is CCCc1cccc(C(NC)c2ccc(C)c(Br)c2)c1. The largest absolute Gasteiger partial charge is 0.309 e. The van der Waals surface area contributed by atoms with E-state index in [-0.39, 0.29) is 6.04 Å². The fourth-order valence-electron chi connectivity index (χ4n) is 2.53. The van der Waals surface area contributed by atoms with Gasteiger partial charge in [-0.25, -0.2) is 0 Å². The van der Waals surface area contributed by atoms with Crippen molar-refractivity contribution in [1.82, 2.24) is 5.32 Å². The summed E-state index contributed by atoms with van der Waals surface area (Å²) in [5.74, 6) is 0. The van der Waals surface area contributed by atoms with Crippen LogP contribution in [0.15, 0.2) is 46.9 Å². The fourth-order valence-corrected chi connectivity index (χ4v) is 2.93. The molecule has 0 saturated carbocycles. The maximum Gasteiger partial charge on any atom is 0.0574 e.